The molecular weight excluding hydrogens is 156 g/mol. The molecule has 0 rings (SSSR count). The minimum Gasteiger partial charge on any atom is -0.466 e. The van der Waals surface area contributed by atoms with Crippen LogP contribution in [0.25, 0.3) is 0 Å². The van der Waals surface area contributed by atoms with E-state index in [1.165, 1.54) is 0 Å². The van der Waals surface area contributed by atoms with Crippen molar-refractivity contribution in [3.63, 3.8) is 0 Å². The highest BCUT2D eigenvalue weighted by molar-refractivity contribution is 5.68. The van der Waals surface area contributed by atoms with E-state index in [0.29, 0.717) is 13.0 Å². The van der Waals surface area contributed by atoms with Gasteiger partial charge in [-0.15, -0.1) is 0 Å². The Balaban J connectivity index is 3.21. The maximum absolute atomic E-state index is 10.6. The number of hydrogen-bond acceptors (Lipinski definition) is 3. The third-order valence-electron chi connectivity index (χ3n) is 1.53. The smallest absolute Gasteiger partial charge is 0.305 e. The van der Waals surface area contributed by atoms with Crippen LogP contribution in [0.1, 0.15) is 33.1 Å². The summed E-state index contributed by atoms with van der Waals surface area (Å²) in [5.41, 5.74) is 0. The minimum atomic E-state index is -0.183. The topological polar surface area (TPSA) is 43.4 Å². The molecule has 1 atom stereocenters. The van der Waals surface area contributed by atoms with Crippen LogP contribution in [0.15, 0.2) is 0 Å². The zero-order chi connectivity index (χ0) is 9.40. The standard InChI is InChI=1S/C9H15O3/c1-3-9(11)12-6-4-5-8(2)7-10/h8H,3-6H2,1-2H3. The maximum atomic E-state index is 10.6. The summed E-state index contributed by atoms with van der Waals surface area (Å²) in [4.78, 5) is 20.7. The van der Waals surface area contributed by atoms with Crippen molar-refractivity contribution in [1.29, 1.82) is 0 Å². The number of rotatable bonds is 6. The van der Waals surface area contributed by atoms with Crippen LogP contribution in [0.5, 0.6) is 0 Å². The van der Waals surface area contributed by atoms with Gasteiger partial charge in [-0.25, -0.2) is 0 Å². The summed E-state index contributed by atoms with van der Waals surface area (Å²) in [6.45, 7) is 3.97. The fourth-order valence-corrected chi connectivity index (χ4v) is 0.737. The van der Waals surface area contributed by atoms with Crippen molar-refractivity contribution in [2.75, 3.05) is 6.61 Å². The van der Waals surface area contributed by atoms with Crippen LogP contribution in [0, 0.1) is 5.92 Å². The summed E-state index contributed by atoms with van der Waals surface area (Å²) in [6.07, 6.45) is 3.76. The number of carbonyl (C=O) groups excluding carboxylic acids is 2. The molecule has 0 aromatic rings. The molecule has 0 saturated carbocycles. The third-order valence-corrected chi connectivity index (χ3v) is 1.53. The fourth-order valence-electron chi connectivity index (χ4n) is 0.737. The van der Waals surface area contributed by atoms with Crippen LogP contribution >= 0.6 is 0 Å². The van der Waals surface area contributed by atoms with Gasteiger partial charge in [0.25, 0.3) is 0 Å². The van der Waals surface area contributed by atoms with E-state index in [0.717, 1.165) is 12.8 Å². The number of ether oxygens (including phenoxy) is 1. The molecule has 0 bridgehead atoms. The maximum Gasteiger partial charge on any atom is 0.305 e. The molecule has 0 aromatic heterocycles. The monoisotopic (exact) mass is 171 g/mol. The first-order valence-electron chi connectivity index (χ1n) is 4.24. The Kier molecular flexibility index (Phi) is 6.34. The van der Waals surface area contributed by atoms with Crippen LogP contribution in [-0.2, 0) is 14.3 Å². The molecule has 1 unspecified atom stereocenters. The van der Waals surface area contributed by atoms with Gasteiger partial charge >= 0.3 is 5.97 Å². The molecule has 0 saturated heterocycles. The average Bonchev–Trinajstić information content (AvgIpc) is 2.11. The Morgan fingerprint density at radius 3 is 2.75 bits per heavy atom. The van der Waals surface area contributed by atoms with Gasteiger partial charge in [0.1, 0.15) is 0 Å². The highest BCUT2D eigenvalue weighted by atomic mass is 16.5. The van der Waals surface area contributed by atoms with Gasteiger partial charge in [0.2, 0.25) is 6.29 Å². The summed E-state index contributed by atoms with van der Waals surface area (Å²) >= 11 is 0. The first-order chi connectivity index (χ1) is 5.70. The Hall–Kier alpha value is -0.860. The molecule has 0 amide bonds. The summed E-state index contributed by atoms with van der Waals surface area (Å²) in [6, 6.07) is 0. The lowest BCUT2D eigenvalue weighted by Crippen LogP contribution is -2.05. The van der Waals surface area contributed by atoms with E-state index >= 15 is 0 Å². The molecule has 0 aliphatic rings. The predicted octanol–water partition coefficient (Wildman–Crippen LogP) is 1.47. The lowest BCUT2D eigenvalue weighted by molar-refractivity contribution is -0.143. The van der Waals surface area contributed by atoms with Crippen LogP contribution in [0.3, 0.4) is 0 Å². The molecule has 0 aromatic carbocycles. The average molecular weight is 171 g/mol. The van der Waals surface area contributed by atoms with E-state index in [4.69, 9.17) is 4.74 Å². The van der Waals surface area contributed by atoms with Crippen LogP contribution < -0.4 is 0 Å². The lowest BCUT2D eigenvalue weighted by Gasteiger charge is -2.03. The largest absolute Gasteiger partial charge is 0.466 e. The van der Waals surface area contributed by atoms with Crippen molar-refractivity contribution in [2.24, 2.45) is 5.92 Å². The first-order valence-corrected chi connectivity index (χ1v) is 4.24. The molecule has 0 heterocycles. The second-order valence-corrected chi connectivity index (χ2v) is 2.74. The van der Waals surface area contributed by atoms with Crippen molar-refractivity contribution in [3.8, 4) is 0 Å². The first kappa shape index (κ1) is 11.1. The Labute approximate surface area is 73.1 Å². The van der Waals surface area contributed by atoms with Crippen molar-refractivity contribution in [1.82, 2.24) is 0 Å². The molecular formula is C9H15O3. The number of hydrogen-bond donors (Lipinski definition) is 0. The summed E-state index contributed by atoms with van der Waals surface area (Å²) < 4.78 is 4.82. The minimum absolute atomic E-state index is 0.0506. The fraction of sp³-hybridized carbons (Fsp3) is 0.778. The highest BCUT2D eigenvalue weighted by Crippen LogP contribution is 2.01. The van der Waals surface area contributed by atoms with Gasteiger partial charge in [-0.3, -0.25) is 9.59 Å². The molecule has 0 aliphatic carbocycles. The quantitative estimate of drug-likeness (QED) is 0.449. The Morgan fingerprint density at radius 1 is 1.58 bits per heavy atom. The normalized spacial score (nSPS) is 12.2. The van der Waals surface area contributed by atoms with E-state index in [-0.39, 0.29) is 11.9 Å². The van der Waals surface area contributed by atoms with Crippen LogP contribution in [-0.4, -0.2) is 18.9 Å². The second kappa shape index (κ2) is 6.83. The Morgan fingerprint density at radius 2 is 2.25 bits per heavy atom. The van der Waals surface area contributed by atoms with E-state index in [2.05, 4.69) is 0 Å². The Bertz CT molecular complexity index is 143. The lowest BCUT2D eigenvalue weighted by atomic mass is 10.1. The van der Waals surface area contributed by atoms with Gasteiger partial charge in [-0.1, -0.05) is 13.8 Å². The van der Waals surface area contributed by atoms with E-state index in [1.807, 2.05) is 6.29 Å². The molecule has 0 spiro atoms. The van der Waals surface area contributed by atoms with Crippen molar-refractivity contribution in [2.45, 2.75) is 33.1 Å². The van der Waals surface area contributed by atoms with Crippen LogP contribution in [0.4, 0.5) is 0 Å². The molecule has 0 fully saturated rings. The third kappa shape index (κ3) is 5.89. The molecule has 3 nitrogen and oxygen atoms in total. The van der Waals surface area contributed by atoms with Gasteiger partial charge in [0.05, 0.1) is 6.61 Å². The van der Waals surface area contributed by atoms with Gasteiger partial charge in [0.15, 0.2) is 0 Å². The van der Waals surface area contributed by atoms with Gasteiger partial charge < -0.3 is 4.74 Å². The van der Waals surface area contributed by atoms with Crippen molar-refractivity contribution in [3.05, 3.63) is 0 Å². The van der Waals surface area contributed by atoms with E-state index in [1.54, 1.807) is 13.8 Å². The van der Waals surface area contributed by atoms with Gasteiger partial charge in [-0.2, -0.15) is 0 Å². The highest BCUT2D eigenvalue weighted by Gasteiger charge is 2.01. The molecule has 12 heavy (non-hydrogen) atoms. The van der Waals surface area contributed by atoms with Gasteiger partial charge in [0, 0.05) is 12.3 Å². The number of carbonyl (C=O) groups is 1. The zero-order valence-corrected chi connectivity index (χ0v) is 7.63. The molecule has 0 N–H and O–H groups in total. The molecule has 69 valence electrons. The zero-order valence-electron chi connectivity index (χ0n) is 7.63. The van der Waals surface area contributed by atoms with E-state index < -0.39 is 0 Å². The van der Waals surface area contributed by atoms with Crippen molar-refractivity contribution >= 4 is 12.3 Å². The summed E-state index contributed by atoms with van der Waals surface area (Å²) in [5.74, 6) is -0.233. The van der Waals surface area contributed by atoms with Gasteiger partial charge in [-0.05, 0) is 12.8 Å². The summed E-state index contributed by atoms with van der Waals surface area (Å²) in [7, 11) is 0. The van der Waals surface area contributed by atoms with E-state index in [9.17, 15) is 9.59 Å². The number of esters is 1. The summed E-state index contributed by atoms with van der Waals surface area (Å²) in [5, 5.41) is 0. The molecule has 3 heteroatoms. The van der Waals surface area contributed by atoms with Crippen molar-refractivity contribution < 1.29 is 14.3 Å². The molecule has 0 aliphatic heterocycles. The SMILES string of the molecule is CCC(=O)OCCCC(C)[C]=O. The predicted molar refractivity (Wildman–Crippen MR) is 45.3 cm³/mol. The van der Waals surface area contributed by atoms with Crippen LogP contribution in [0.2, 0.25) is 0 Å². The molecule has 1 radical (unpaired) electrons. The second-order valence-electron chi connectivity index (χ2n) is 2.74.